The van der Waals surface area contributed by atoms with E-state index >= 15 is 0 Å². The Hall–Kier alpha value is -2.45. The molecule has 0 aliphatic carbocycles. The summed E-state index contributed by atoms with van der Waals surface area (Å²) < 4.78 is 46.0. The Morgan fingerprint density at radius 3 is 2.46 bits per heavy atom. The number of carbonyl (C=O) groups excluding carboxylic acids is 1. The number of nitrogens with one attached hydrogen (secondary N) is 1. The van der Waals surface area contributed by atoms with Gasteiger partial charge in [0.15, 0.2) is 0 Å². The number of ether oxygens (including phenoxy) is 1. The highest BCUT2D eigenvalue weighted by atomic mass is 32.2. The summed E-state index contributed by atoms with van der Waals surface area (Å²) in [7, 11) is -2.10. The van der Waals surface area contributed by atoms with Crippen LogP contribution in [0.5, 0.6) is 5.75 Å². The molecule has 28 heavy (non-hydrogen) atoms. The summed E-state index contributed by atoms with van der Waals surface area (Å²) in [4.78, 5) is 12.6. The van der Waals surface area contributed by atoms with Crippen molar-refractivity contribution < 1.29 is 22.3 Å². The maximum atomic E-state index is 13.7. The summed E-state index contributed by atoms with van der Waals surface area (Å²) >= 11 is 0. The Bertz CT molecular complexity index is 970. The third kappa shape index (κ3) is 4.18. The lowest BCUT2D eigenvalue weighted by Crippen LogP contribution is -2.41. The largest absolute Gasteiger partial charge is 0.496 e. The summed E-state index contributed by atoms with van der Waals surface area (Å²) in [5, 5.41) is 2.59. The monoisotopic (exact) mass is 406 g/mol. The molecule has 0 atom stereocenters. The number of para-hydroxylation sites is 1. The average molecular weight is 406 g/mol. The Morgan fingerprint density at radius 2 is 1.86 bits per heavy atom. The molecule has 0 saturated carbocycles. The Balaban J connectivity index is 1.65. The van der Waals surface area contributed by atoms with Gasteiger partial charge in [0, 0.05) is 19.0 Å². The van der Waals surface area contributed by atoms with Gasteiger partial charge in [0.25, 0.3) is 0 Å². The predicted octanol–water partition coefficient (Wildman–Crippen LogP) is 3.18. The maximum Gasteiger partial charge on any atom is 0.243 e. The third-order valence-corrected chi connectivity index (χ3v) is 6.86. The zero-order chi connectivity index (χ0) is 20.3. The van der Waals surface area contributed by atoms with Crippen LogP contribution < -0.4 is 10.1 Å². The number of hydrogen-bond donors (Lipinski definition) is 1. The molecule has 0 spiro atoms. The zero-order valence-electron chi connectivity index (χ0n) is 15.8. The summed E-state index contributed by atoms with van der Waals surface area (Å²) in [6.45, 7) is 2.27. The highest BCUT2D eigenvalue weighted by Crippen LogP contribution is 2.28. The van der Waals surface area contributed by atoms with Gasteiger partial charge in [-0.1, -0.05) is 12.1 Å². The van der Waals surface area contributed by atoms with Crippen molar-refractivity contribution in [3.63, 3.8) is 0 Å². The lowest BCUT2D eigenvalue weighted by Gasteiger charge is -2.30. The quantitative estimate of drug-likeness (QED) is 0.828. The van der Waals surface area contributed by atoms with Gasteiger partial charge in [-0.05, 0) is 55.7 Å². The van der Waals surface area contributed by atoms with Crippen molar-refractivity contribution in [2.24, 2.45) is 5.92 Å². The molecule has 1 saturated heterocycles. The van der Waals surface area contributed by atoms with Gasteiger partial charge >= 0.3 is 0 Å². The highest BCUT2D eigenvalue weighted by molar-refractivity contribution is 7.89. The maximum absolute atomic E-state index is 13.7. The molecule has 150 valence electrons. The number of benzene rings is 2. The molecule has 2 aromatic carbocycles. The van der Waals surface area contributed by atoms with Crippen LogP contribution in [0.1, 0.15) is 18.4 Å². The van der Waals surface area contributed by atoms with E-state index in [0.717, 1.165) is 5.56 Å². The molecular weight excluding hydrogens is 383 g/mol. The van der Waals surface area contributed by atoms with Crippen LogP contribution in [0.2, 0.25) is 0 Å². The summed E-state index contributed by atoms with van der Waals surface area (Å²) in [6, 6.07) is 10.7. The van der Waals surface area contributed by atoms with Crippen molar-refractivity contribution in [1.29, 1.82) is 0 Å². The summed E-state index contributed by atoms with van der Waals surface area (Å²) in [6.07, 6.45) is 0.767. The van der Waals surface area contributed by atoms with E-state index in [1.807, 2.05) is 0 Å². The number of amides is 1. The summed E-state index contributed by atoms with van der Waals surface area (Å²) in [5.41, 5.74) is 0.874. The van der Waals surface area contributed by atoms with E-state index in [2.05, 4.69) is 5.32 Å². The van der Waals surface area contributed by atoms with E-state index in [0.29, 0.717) is 18.6 Å². The minimum Gasteiger partial charge on any atom is -0.496 e. The van der Waals surface area contributed by atoms with Crippen molar-refractivity contribution in [3.8, 4) is 5.75 Å². The minimum atomic E-state index is -3.64. The molecule has 0 bridgehead atoms. The van der Waals surface area contributed by atoms with Gasteiger partial charge in [0.2, 0.25) is 15.9 Å². The third-order valence-electron chi connectivity index (χ3n) is 4.96. The first-order chi connectivity index (χ1) is 13.3. The van der Waals surface area contributed by atoms with E-state index < -0.39 is 15.8 Å². The van der Waals surface area contributed by atoms with Crippen LogP contribution in [0.15, 0.2) is 47.4 Å². The van der Waals surface area contributed by atoms with Gasteiger partial charge in [-0.25, -0.2) is 12.8 Å². The van der Waals surface area contributed by atoms with Gasteiger partial charge < -0.3 is 10.1 Å². The molecule has 0 unspecified atom stereocenters. The van der Waals surface area contributed by atoms with E-state index in [1.54, 1.807) is 31.2 Å². The van der Waals surface area contributed by atoms with Crippen LogP contribution in [0.25, 0.3) is 0 Å². The fourth-order valence-corrected chi connectivity index (χ4v) is 4.87. The predicted molar refractivity (Wildman–Crippen MR) is 104 cm³/mol. The molecule has 1 amide bonds. The molecule has 1 aliphatic rings. The number of nitrogens with zero attached hydrogens (tertiary/aromatic N) is 1. The minimum absolute atomic E-state index is 0.135. The van der Waals surface area contributed by atoms with Crippen molar-refractivity contribution in [2.45, 2.75) is 24.7 Å². The topological polar surface area (TPSA) is 75.7 Å². The lowest BCUT2D eigenvalue weighted by molar-refractivity contribution is -0.120. The zero-order valence-corrected chi connectivity index (χ0v) is 16.6. The van der Waals surface area contributed by atoms with Crippen LogP contribution in [-0.4, -0.2) is 38.8 Å². The average Bonchev–Trinajstić information content (AvgIpc) is 2.69. The van der Waals surface area contributed by atoms with Gasteiger partial charge in [0.1, 0.15) is 11.6 Å². The number of sulfonamides is 1. The van der Waals surface area contributed by atoms with Crippen LogP contribution in [0, 0.1) is 18.7 Å². The first kappa shape index (κ1) is 20.3. The molecule has 1 fully saturated rings. The van der Waals surface area contributed by atoms with Crippen molar-refractivity contribution >= 4 is 21.6 Å². The van der Waals surface area contributed by atoms with Crippen LogP contribution in [0.3, 0.4) is 0 Å². The normalized spacial score (nSPS) is 16.0. The van der Waals surface area contributed by atoms with E-state index in [-0.39, 0.29) is 35.5 Å². The Morgan fingerprint density at radius 1 is 1.18 bits per heavy atom. The summed E-state index contributed by atoms with van der Waals surface area (Å²) in [5.74, 6) is -0.515. The first-order valence-electron chi connectivity index (χ1n) is 9.03. The Labute approximate surface area is 164 Å². The van der Waals surface area contributed by atoms with Gasteiger partial charge in [-0.15, -0.1) is 0 Å². The molecule has 1 aliphatic heterocycles. The number of rotatable bonds is 5. The second-order valence-corrected chi connectivity index (χ2v) is 8.72. The van der Waals surface area contributed by atoms with Crippen LogP contribution in [0.4, 0.5) is 10.1 Å². The number of piperidine rings is 1. The number of anilines is 1. The van der Waals surface area contributed by atoms with E-state index in [4.69, 9.17) is 4.74 Å². The standard InChI is InChI=1S/C20H23FN2O4S/c1-14-13-16(7-8-19(14)27-2)28(25,26)23-11-9-15(10-12-23)20(24)22-18-6-4-3-5-17(18)21/h3-8,13,15H,9-12H2,1-2H3,(H,22,24). The molecule has 1 heterocycles. The van der Waals surface area contributed by atoms with Crippen LogP contribution in [-0.2, 0) is 14.8 Å². The van der Waals surface area contributed by atoms with Gasteiger partial charge in [-0.2, -0.15) is 4.31 Å². The number of methoxy groups -OCH3 is 1. The molecule has 6 nitrogen and oxygen atoms in total. The van der Waals surface area contributed by atoms with Gasteiger partial charge in [0.05, 0.1) is 17.7 Å². The molecule has 1 N–H and O–H groups in total. The van der Waals surface area contributed by atoms with Crippen molar-refractivity contribution in [3.05, 3.63) is 53.8 Å². The Kier molecular flexibility index (Phi) is 6.00. The molecule has 0 radical (unpaired) electrons. The lowest BCUT2D eigenvalue weighted by atomic mass is 9.97. The molecule has 3 rings (SSSR count). The fourth-order valence-electron chi connectivity index (χ4n) is 3.32. The number of halogens is 1. The first-order valence-corrected chi connectivity index (χ1v) is 10.5. The SMILES string of the molecule is COc1ccc(S(=O)(=O)N2CCC(C(=O)Nc3ccccc3F)CC2)cc1C. The van der Waals surface area contributed by atoms with E-state index in [1.165, 1.54) is 29.6 Å². The molecular formula is C20H23FN2O4S. The highest BCUT2D eigenvalue weighted by Gasteiger charge is 2.32. The second-order valence-electron chi connectivity index (χ2n) is 6.78. The fraction of sp³-hybridized carbons (Fsp3) is 0.350. The molecule has 8 heteroatoms. The van der Waals surface area contributed by atoms with E-state index in [9.17, 15) is 17.6 Å². The number of aryl methyl sites for hydroxylation is 1. The van der Waals surface area contributed by atoms with Gasteiger partial charge in [-0.3, -0.25) is 4.79 Å². The number of hydrogen-bond acceptors (Lipinski definition) is 4. The van der Waals surface area contributed by atoms with Crippen LogP contribution >= 0.6 is 0 Å². The van der Waals surface area contributed by atoms with Crippen molar-refractivity contribution in [2.75, 3.05) is 25.5 Å². The molecule has 0 aromatic heterocycles. The second kappa shape index (κ2) is 8.28. The van der Waals surface area contributed by atoms with Crippen molar-refractivity contribution in [1.82, 2.24) is 4.31 Å². The molecule has 2 aromatic rings. The smallest absolute Gasteiger partial charge is 0.243 e. The number of carbonyl (C=O) groups is 1.